The van der Waals surface area contributed by atoms with Crippen LogP contribution >= 0.6 is 0 Å². The first-order valence-corrected chi connectivity index (χ1v) is 7.78. The zero-order valence-electron chi connectivity index (χ0n) is 13.0. The van der Waals surface area contributed by atoms with E-state index in [9.17, 15) is 5.11 Å². The van der Waals surface area contributed by atoms with Crippen LogP contribution in [0.2, 0.25) is 0 Å². The minimum absolute atomic E-state index is 0.131. The predicted molar refractivity (Wildman–Crippen MR) is 76.7 cm³/mol. The van der Waals surface area contributed by atoms with Gasteiger partial charge in [-0.15, -0.1) is 0 Å². The zero-order chi connectivity index (χ0) is 14.8. The molecule has 0 radical (unpaired) electrons. The van der Waals surface area contributed by atoms with Gasteiger partial charge in [-0.2, -0.15) is 0 Å². The summed E-state index contributed by atoms with van der Waals surface area (Å²) in [6, 6.07) is 0. The van der Waals surface area contributed by atoms with E-state index in [0.717, 1.165) is 32.3 Å². The summed E-state index contributed by atoms with van der Waals surface area (Å²) < 4.78 is 22.3. The Hall–Kier alpha value is -0.200. The molecule has 5 heteroatoms. The van der Waals surface area contributed by atoms with Crippen molar-refractivity contribution >= 4 is 0 Å². The molecular formula is C15H30O5. The van der Waals surface area contributed by atoms with Gasteiger partial charge in [0.05, 0.1) is 12.7 Å². The van der Waals surface area contributed by atoms with E-state index in [1.165, 1.54) is 0 Å². The van der Waals surface area contributed by atoms with Crippen LogP contribution < -0.4 is 0 Å². The lowest BCUT2D eigenvalue weighted by Gasteiger charge is -2.23. The summed E-state index contributed by atoms with van der Waals surface area (Å²) in [4.78, 5) is 0. The van der Waals surface area contributed by atoms with Crippen molar-refractivity contribution in [1.29, 1.82) is 0 Å². The number of unbranched alkanes of at least 4 members (excludes halogenated alkanes) is 2. The lowest BCUT2D eigenvalue weighted by Crippen LogP contribution is -2.34. The molecule has 0 aliphatic carbocycles. The van der Waals surface area contributed by atoms with Crippen LogP contribution in [0.5, 0.6) is 0 Å². The van der Waals surface area contributed by atoms with E-state index in [1.807, 2.05) is 0 Å². The number of rotatable bonds is 11. The maximum atomic E-state index is 9.84. The van der Waals surface area contributed by atoms with Crippen LogP contribution in [0.25, 0.3) is 0 Å². The van der Waals surface area contributed by atoms with Gasteiger partial charge >= 0.3 is 0 Å². The molecule has 1 rings (SSSR count). The highest BCUT2D eigenvalue weighted by Gasteiger charge is 2.38. The van der Waals surface area contributed by atoms with Crippen molar-refractivity contribution in [3.8, 4) is 0 Å². The summed E-state index contributed by atoms with van der Waals surface area (Å²) in [6.07, 6.45) is 3.40. The molecule has 4 atom stereocenters. The Labute approximate surface area is 122 Å². The Morgan fingerprint density at radius 1 is 1.20 bits per heavy atom. The maximum absolute atomic E-state index is 9.84. The van der Waals surface area contributed by atoms with Gasteiger partial charge in [-0.3, -0.25) is 0 Å². The van der Waals surface area contributed by atoms with Gasteiger partial charge in [0, 0.05) is 26.7 Å². The van der Waals surface area contributed by atoms with Crippen molar-refractivity contribution in [3.05, 3.63) is 0 Å². The molecule has 0 bridgehead atoms. The fourth-order valence-corrected chi connectivity index (χ4v) is 2.21. The Morgan fingerprint density at radius 3 is 2.50 bits per heavy atom. The molecule has 0 aromatic carbocycles. The third-order valence-corrected chi connectivity index (χ3v) is 3.50. The third kappa shape index (κ3) is 6.06. The van der Waals surface area contributed by atoms with Gasteiger partial charge in [0.25, 0.3) is 0 Å². The lowest BCUT2D eigenvalue weighted by molar-refractivity contribution is -0.176. The van der Waals surface area contributed by atoms with Crippen LogP contribution in [0, 0.1) is 0 Å². The Balaban J connectivity index is 2.40. The molecule has 0 aromatic heterocycles. The largest absolute Gasteiger partial charge is 0.388 e. The molecule has 1 aliphatic rings. The summed E-state index contributed by atoms with van der Waals surface area (Å²) in [7, 11) is 1.54. The highest BCUT2D eigenvalue weighted by Crippen LogP contribution is 2.25. The number of aliphatic hydroxyl groups is 1. The van der Waals surface area contributed by atoms with Gasteiger partial charge in [0.1, 0.15) is 12.2 Å². The molecule has 1 aliphatic heterocycles. The molecule has 1 N–H and O–H groups in total. The average Bonchev–Trinajstić information content (AvgIpc) is 2.82. The lowest BCUT2D eigenvalue weighted by atomic mass is 10.1. The minimum atomic E-state index is -0.585. The van der Waals surface area contributed by atoms with Crippen molar-refractivity contribution in [2.75, 3.05) is 26.9 Å². The highest BCUT2D eigenvalue weighted by molar-refractivity contribution is 4.83. The summed E-state index contributed by atoms with van der Waals surface area (Å²) in [6.45, 7) is 6.22. The number of hydrogen-bond donors (Lipinski definition) is 1. The molecule has 120 valence electrons. The van der Waals surface area contributed by atoms with Gasteiger partial charge in [0.2, 0.25) is 0 Å². The monoisotopic (exact) mass is 290 g/mol. The molecule has 0 saturated carbocycles. The number of hydrogen-bond acceptors (Lipinski definition) is 5. The standard InChI is InChI=1S/C15H30O5/c1-4-6-8-18-11-14(19-9-7-5-2)13-10-12(16)15(17-3)20-13/h12-16H,4-11H2,1-3H3/t12-,13+,14-,15+/m1/s1. The Bertz CT molecular complexity index is 236. The molecule has 1 heterocycles. The van der Waals surface area contributed by atoms with Gasteiger partial charge < -0.3 is 24.1 Å². The molecule has 1 fully saturated rings. The molecule has 0 unspecified atom stereocenters. The summed E-state index contributed by atoms with van der Waals surface area (Å²) in [5.41, 5.74) is 0. The molecule has 1 saturated heterocycles. The molecule has 0 aromatic rings. The maximum Gasteiger partial charge on any atom is 0.183 e. The normalized spacial score (nSPS) is 27.9. The Kier molecular flexibility index (Phi) is 9.39. The first-order valence-electron chi connectivity index (χ1n) is 7.78. The van der Waals surface area contributed by atoms with E-state index >= 15 is 0 Å². The third-order valence-electron chi connectivity index (χ3n) is 3.50. The van der Waals surface area contributed by atoms with Crippen LogP contribution in [0.1, 0.15) is 46.0 Å². The van der Waals surface area contributed by atoms with Gasteiger partial charge in [0.15, 0.2) is 6.29 Å². The van der Waals surface area contributed by atoms with Crippen LogP contribution in [0.3, 0.4) is 0 Å². The van der Waals surface area contributed by atoms with E-state index < -0.39 is 12.4 Å². The minimum Gasteiger partial charge on any atom is -0.388 e. The summed E-state index contributed by atoms with van der Waals surface area (Å²) >= 11 is 0. The van der Waals surface area contributed by atoms with E-state index in [1.54, 1.807) is 7.11 Å². The smallest absolute Gasteiger partial charge is 0.183 e. The van der Waals surface area contributed by atoms with Crippen LogP contribution in [0.15, 0.2) is 0 Å². The second-order valence-electron chi connectivity index (χ2n) is 5.27. The fraction of sp³-hybridized carbons (Fsp3) is 1.00. The first-order chi connectivity index (χ1) is 9.72. The molecule has 20 heavy (non-hydrogen) atoms. The second kappa shape index (κ2) is 10.5. The van der Waals surface area contributed by atoms with E-state index in [-0.39, 0.29) is 12.2 Å². The van der Waals surface area contributed by atoms with Gasteiger partial charge in [-0.1, -0.05) is 26.7 Å². The molecular weight excluding hydrogens is 260 g/mol. The van der Waals surface area contributed by atoms with Crippen molar-refractivity contribution in [2.24, 2.45) is 0 Å². The first kappa shape index (κ1) is 17.9. The predicted octanol–water partition coefficient (Wildman–Crippen LogP) is 2.11. The fourth-order valence-electron chi connectivity index (χ4n) is 2.21. The molecule has 0 amide bonds. The SMILES string of the molecule is CCCCOC[C@@H](OCCCC)[C@@H]1C[C@@H](O)[C@@H](OC)O1. The van der Waals surface area contributed by atoms with Gasteiger partial charge in [-0.05, 0) is 12.8 Å². The summed E-state index contributed by atoms with van der Waals surface area (Å²) in [5.74, 6) is 0. The van der Waals surface area contributed by atoms with Crippen molar-refractivity contribution in [2.45, 2.75) is 70.6 Å². The second-order valence-corrected chi connectivity index (χ2v) is 5.27. The number of methoxy groups -OCH3 is 1. The van der Waals surface area contributed by atoms with Crippen molar-refractivity contribution in [1.82, 2.24) is 0 Å². The molecule has 0 spiro atoms. The van der Waals surface area contributed by atoms with E-state index in [0.29, 0.717) is 19.6 Å². The average molecular weight is 290 g/mol. The van der Waals surface area contributed by atoms with Gasteiger partial charge in [-0.25, -0.2) is 0 Å². The van der Waals surface area contributed by atoms with Crippen molar-refractivity contribution in [3.63, 3.8) is 0 Å². The van der Waals surface area contributed by atoms with Crippen LogP contribution in [0.4, 0.5) is 0 Å². The van der Waals surface area contributed by atoms with E-state index in [2.05, 4.69) is 13.8 Å². The van der Waals surface area contributed by atoms with E-state index in [4.69, 9.17) is 18.9 Å². The van der Waals surface area contributed by atoms with Crippen molar-refractivity contribution < 1.29 is 24.1 Å². The zero-order valence-corrected chi connectivity index (χ0v) is 13.0. The van der Waals surface area contributed by atoms with Crippen LogP contribution in [-0.4, -0.2) is 56.6 Å². The van der Waals surface area contributed by atoms with Crippen LogP contribution in [-0.2, 0) is 18.9 Å². The number of ether oxygens (including phenoxy) is 4. The Morgan fingerprint density at radius 2 is 1.90 bits per heavy atom. The quantitative estimate of drug-likeness (QED) is 0.591. The summed E-state index contributed by atoms with van der Waals surface area (Å²) in [5, 5.41) is 9.84. The topological polar surface area (TPSA) is 57.2 Å². The molecule has 5 nitrogen and oxygen atoms in total. The number of aliphatic hydroxyl groups excluding tert-OH is 1. The highest BCUT2D eigenvalue weighted by atomic mass is 16.7.